The lowest BCUT2D eigenvalue weighted by molar-refractivity contribution is 0.00578. The third-order valence-electron chi connectivity index (χ3n) is 4.00. The third-order valence-corrected chi connectivity index (χ3v) is 4.82. The van der Waals surface area contributed by atoms with Crippen LogP contribution in [0.1, 0.15) is 38.1 Å². The van der Waals surface area contributed by atoms with Gasteiger partial charge in [-0.15, -0.1) is 11.8 Å². The van der Waals surface area contributed by atoms with Crippen molar-refractivity contribution in [3.63, 3.8) is 0 Å². The van der Waals surface area contributed by atoms with Gasteiger partial charge in [-0.25, -0.2) is 4.39 Å². The first kappa shape index (κ1) is 15.5. The maximum absolute atomic E-state index is 14.5. The van der Waals surface area contributed by atoms with E-state index in [2.05, 4.69) is 0 Å². The molecule has 1 aromatic rings. The molecular weight excluding hydrogens is 278 g/mol. The van der Waals surface area contributed by atoms with Gasteiger partial charge in [-0.3, -0.25) is 4.79 Å². The Labute approximate surface area is 123 Å². The Bertz CT molecular complexity index is 529. The van der Waals surface area contributed by atoms with E-state index in [-0.39, 0.29) is 0 Å². The summed E-state index contributed by atoms with van der Waals surface area (Å²) in [6.45, 7) is 7.67. The van der Waals surface area contributed by atoms with Gasteiger partial charge in [0.05, 0.1) is 16.1 Å². The summed E-state index contributed by atoms with van der Waals surface area (Å²) in [4.78, 5) is 11.3. The molecule has 1 aliphatic heterocycles. The zero-order valence-corrected chi connectivity index (χ0v) is 13.1. The molecular formula is C14H18BFO3S. The second-order valence-corrected chi connectivity index (χ2v) is 6.61. The fourth-order valence-electron chi connectivity index (χ4n) is 2.04. The number of rotatable bonds is 3. The zero-order chi connectivity index (χ0) is 15.1. The SMILES string of the molecule is CSc1c(C=O)ccc(B2OC(C)(C)C(C)(C)O2)c1F. The number of halogens is 1. The summed E-state index contributed by atoms with van der Waals surface area (Å²) >= 11 is 1.20. The smallest absolute Gasteiger partial charge is 0.399 e. The Balaban J connectivity index is 2.43. The summed E-state index contributed by atoms with van der Waals surface area (Å²) in [5, 5.41) is 0. The molecule has 0 bridgehead atoms. The average molecular weight is 296 g/mol. The van der Waals surface area contributed by atoms with E-state index in [0.717, 1.165) is 0 Å². The van der Waals surface area contributed by atoms with Crippen LogP contribution in [0.15, 0.2) is 17.0 Å². The predicted octanol–water partition coefficient (Wildman–Crippen LogP) is 2.66. The number of aldehydes is 1. The van der Waals surface area contributed by atoms with Crippen LogP contribution in [0.25, 0.3) is 0 Å². The summed E-state index contributed by atoms with van der Waals surface area (Å²) < 4.78 is 26.2. The number of benzene rings is 1. The van der Waals surface area contributed by atoms with Gasteiger partial charge in [0.15, 0.2) is 6.29 Å². The summed E-state index contributed by atoms with van der Waals surface area (Å²) in [7, 11) is -0.758. The van der Waals surface area contributed by atoms with Gasteiger partial charge in [-0.05, 0) is 34.0 Å². The molecule has 0 aromatic heterocycles. The molecule has 6 heteroatoms. The van der Waals surface area contributed by atoms with Gasteiger partial charge in [-0.1, -0.05) is 12.1 Å². The lowest BCUT2D eigenvalue weighted by Gasteiger charge is -2.32. The molecule has 1 aliphatic rings. The molecule has 0 radical (unpaired) electrons. The maximum Gasteiger partial charge on any atom is 0.497 e. The minimum Gasteiger partial charge on any atom is -0.399 e. The molecule has 0 amide bonds. The monoisotopic (exact) mass is 296 g/mol. The standard InChI is InChI=1S/C14H18BFO3S/c1-13(2)14(3,4)19-15(18-13)10-7-6-9(8-17)12(20-5)11(10)16/h6-8H,1-5H3. The quantitative estimate of drug-likeness (QED) is 0.488. The predicted molar refractivity (Wildman–Crippen MR) is 79.3 cm³/mol. The van der Waals surface area contributed by atoms with Crippen LogP contribution in [0.3, 0.4) is 0 Å². The molecule has 108 valence electrons. The molecule has 0 unspecified atom stereocenters. The van der Waals surface area contributed by atoms with Crippen molar-refractivity contribution < 1.29 is 18.5 Å². The third kappa shape index (κ3) is 2.40. The van der Waals surface area contributed by atoms with Gasteiger partial charge < -0.3 is 9.31 Å². The minimum atomic E-state index is -0.758. The minimum absolute atomic E-state index is 0.326. The van der Waals surface area contributed by atoms with Gasteiger partial charge in [0, 0.05) is 11.0 Å². The van der Waals surface area contributed by atoms with Gasteiger partial charge >= 0.3 is 7.12 Å². The Morgan fingerprint density at radius 2 is 1.75 bits per heavy atom. The van der Waals surface area contributed by atoms with E-state index in [0.29, 0.717) is 22.2 Å². The largest absolute Gasteiger partial charge is 0.497 e. The number of thioether (sulfide) groups is 1. The summed E-state index contributed by atoms with van der Waals surface area (Å²) in [6, 6.07) is 3.16. The number of carbonyl (C=O) groups excluding carboxylic acids is 1. The molecule has 0 aliphatic carbocycles. The molecule has 0 N–H and O–H groups in total. The van der Waals surface area contributed by atoms with Crippen LogP contribution in [-0.4, -0.2) is 30.9 Å². The van der Waals surface area contributed by atoms with Crippen LogP contribution in [0.5, 0.6) is 0 Å². The molecule has 20 heavy (non-hydrogen) atoms. The zero-order valence-electron chi connectivity index (χ0n) is 12.3. The molecule has 1 heterocycles. The Morgan fingerprint density at radius 3 is 2.20 bits per heavy atom. The molecule has 1 saturated heterocycles. The number of hydrogen-bond donors (Lipinski definition) is 0. The lowest BCUT2D eigenvalue weighted by Crippen LogP contribution is -2.41. The molecule has 3 nitrogen and oxygen atoms in total. The van der Waals surface area contributed by atoms with Gasteiger partial charge in [-0.2, -0.15) is 0 Å². The van der Waals surface area contributed by atoms with Crippen LogP contribution < -0.4 is 5.46 Å². The molecule has 1 fully saturated rings. The van der Waals surface area contributed by atoms with E-state index >= 15 is 0 Å². The highest BCUT2D eigenvalue weighted by Gasteiger charge is 2.52. The number of carbonyl (C=O) groups is 1. The van der Waals surface area contributed by atoms with Crippen LogP contribution in [-0.2, 0) is 9.31 Å². The summed E-state index contributed by atoms with van der Waals surface area (Å²) in [6.07, 6.45) is 2.39. The van der Waals surface area contributed by atoms with E-state index in [4.69, 9.17) is 9.31 Å². The molecule has 0 atom stereocenters. The lowest BCUT2D eigenvalue weighted by atomic mass is 9.78. The van der Waals surface area contributed by atoms with E-state index in [1.54, 1.807) is 18.4 Å². The van der Waals surface area contributed by atoms with Crippen molar-refractivity contribution in [1.82, 2.24) is 0 Å². The van der Waals surface area contributed by atoms with Crippen LogP contribution in [0.2, 0.25) is 0 Å². The molecule has 0 saturated carbocycles. The Kier molecular flexibility index (Phi) is 4.02. The van der Waals surface area contributed by atoms with E-state index in [9.17, 15) is 9.18 Å². The normalized spacial score (nSPS) is 20.2. The topological polar surface area (TPSA) is 35.5 Å². The van der Waals surface area contributed by atoms with Gasteiger partial charge in [0.1, 0.15) is 5.82 Å². The van der Waals surface area contributed by atoms with Crippen molar-refractivity contribution in [2.75, 3.05) is 6.26 Å². The average Bonchev–Trinajstić information content (AvgIpc) is 2.57. The summed E-state index contributed by atoms with van der Waals surface area (Å²) in [5.41, 5.74) is -0.367. The first-order valence-corrected chi connectivity index (χ1v) is 7.63. The molecule has 0 spiro atoms. The fourth-order valence-corrected chi connectivity index (χ4v) is 2.69. The molecule has 1 aromatic carbocycles. The van der Waals surface area contributed by atoms with Crippen molar-refractivity contribution in [2.45, 2.75) is 43.8 Å². The van der Waals surface area contributed by atoms with Crippen molar-refractivity contribution >= 4 is 30.6 Å². The number of hydrogen-bond acceptors (Lipinski definition) is 4. The van der Waals surface area contributed by atoms with Crippen molar-refractivity contribution in [3.8, 4) is 0 Å². The molecule has 2 rings (SSSR count). The van der Waals surface area contributed by atoms with Crippen molar-refractivity contribution in [2.24, 2.45) is 0 Å². The van der Waals surface area contributed by atoms with Crippen molar-refractivity contribution in [1.29, 1.82) is 0 Å². The fraction of sp³-hybridized carbons (Fsp3) is 0.500. The highest BCUT2D eigenvalue weighted by molar-refractivity contribution is 7.98. The summed E-state index contributed by atoms with van der Waals surface area (Å²) in [5.74, 6) is -0.444. The highest BCUT2D eigenvalue weighted by Crippen LogP contribution is 2.37. The first-order valence-electron chi connectivity index (χ1n) is 6.40. The maximum atomic E-state index is 14.5. The second-order valence-electron chi connectivity index (χ2n) is 5.80. The van der Waals surface area contributed by atoms with Crippen LogP contribution in [0, 0.1) is 5.82 Å². The first-order chi connectivity index (χ1) is 9.23. The van der Waals surface area contributed by atoms with E-state index in [1.807, 2.05) is 27.7 Å². The van der Waals surface area contributed by atoms with Crippen molar-refractivity contribution in [3.05, 3.63) is 23.5 Å². The highest BCUT2D eigenvalue weighted by atomic mass is 32.2. The van der Waals surface area contributed by atoms with Crippen LogP contribution >= 0.6 is 11.8 Å². The van der Waals surface area contributed by atoms with E-state index < -0.39 is 24.1 Å². The second kappa shape index (κ2) is 5.17. The van der Waals surface area contributed by atoms with Gasteiger partial charge in [0.2, 0.25) is 0 Å². The van der Waals surface area contributed by atoms with Gasteiger partial charge in [0.25, 0.3) is 0 Å². The Morgan fingerprint density at radius 1 is 1.20 bits per heavy atom. The van der Waals surface area contributed by atoms with E-state index in [1.165, 1.54) is 11.8 Å². The van der Waals surface area contributed by atoms with Crippen LogP contribution in [0.4, 0.5) is 4.39 Å². The Hall–Kier alpha value is -0.845.